The Balaban J connectivity index is 1.68. The Morgan fingerprint density at radius 2 is 1.69 bits per heavy atom. The molecule has 0 saturated heterocycles. The first kappa shape index (κ1) is 23.5. The van der Waals surface area contributed by atoms with Gasteiger partial charge in [0.1, 0.15) is 11.6 Å². The number of aryl methyl sites for hydroxylation is 1. The number of nitrogens with zero attached hydrogens (tertiary/aromatic N) is 1. The summed E-state index contributed by atoms with van der Waals surface area (Å²) >= 11 is 0. The maximum absolute atomic E-state index is 13.7. The van der Waals surface area contributed by atoms with Crippen LogP contribution in [0.3, 0.4) is 0 Å². The molecule has 0 aliphatic heterocycles. The lowest BCUT2D eigenvalue weighted by atomic mass is 10.00. The highest BCUT2D eigenvalue weighted by Crippen LogP contribution is 2.13. The summed E-state index contributed by atoms with van der Waals surface area (Å²) in [7, 11) is 0. The highest BCUT2D eigenvalue weighted by Gasteiger charge is 2.23. The average Bonchev–Trinajstić information content (AvgIpc) is 2.78. The van der Waals surface area contributed by atoms with E-state index in [1.54, 1.807) is 12.1 Å². The molecular formula is C25H27F2N3O2. The second-order valence-corrected chi connectivity index (χ2v) is 7.67. The Bertz CT molecular complexity index is 1010. The number of benzene rings is 2. The van der Waals surface area contributed by atoms with Gasteiger partial charge in [-0.3, -0.25) is 9.78 Å². The molecule has 3 rings (SSSR count). The number of rotatable bonds is 10. The van der Waals surface area contributed by atoms with Crippen LogP contribution >= 0.6 is 0 Å². The Labute approximate surface area is 186 Å². The van der Waals surface area contributed by atoms with Crippen molar-refractivity contribution in [2.45, 2.75) is 38.5 Å². The number of hydrogen-bond acceptors (Lipinski definition) is 4. The van der Waals surface area contributed by atoms with Crippen molar-refractivity contribution >= 4 is 5.91 Å². The number of aliphatic hydroxyl groups is 1. The van der Waals surface area contributed by atoms with Crippen LogP contribution < -0.4 is 10.6 Å². The number of amides is 1. The highest BCUT2D eigenvalue weighted by atomic mass is 19.1. The third kappa shape index (κ3) is 6.93. The van der Waals surface area contributed by atoms with Crippen LogP contribution in [0.5, 0.6) is 0 Å². The zero-order valence-corrected chi connectivity index (χ0v) is 17.9. The lowest BCUT2D eigenvalue weighted by Crippen LogP contribution is -2.48. The third-order valence-electron chi connectivity index (χ3n) is 5.18. The van der Waals surface area contributed by atoms with E-state index in [4.69, 9.17) is 0 Å². The molecule has 0 spiro atoms. The number of nitrogens with one attached hydrogen (secondary N) is 2. The van der Waals surface area contributed by atoms with Gasteiger partial charge in [0.25, 0.3) is 5.91 Å². The highest BCUT2D eigenvalue weighted by molar-refractivity contribution is 5.94. The van der Waals surface area contributed by atoms with Crippen LogP contribution in [0.15, 0.2) is 67.0 Å². The summed E-state index contributed by atoms with van der Waals surface area (Å²) in [6.45, 7) is 2.82. The molecule has 3 N–H and O–H groups in total. The van der Waals surface area contributed by atoms with Crippen molar-refractivity contribution in [3.63, 3.8) is 0 Å². The molecule has 2 aromatic carbocycles. The summed E-state index contributed by atoms with van der Waals surface area (Å²) in [5, 5.41) is 16.8. The van der Waals surface area contributed by atoms with Crippen LogP contribution in [-0.4, -0.2) is 34.7 Å². The molecule has 0 saturated carbocycles. The number of aliphatic hydroxyl groups excluding tert-OH is 1. The van der Waals surface area contributed by atoms with Crippen molar-refractivity contribution < 1.29 is 18.7 Å². The zero-order valence-electron chi connectivity index (χ0n) is 17.9. The Hall–Kier alpha value is -3.16. The van der Waals surface area contributed by atoms with Gasteiger partial charge in [-0.15, -0.1) is 0 Å². The lowest BCUT2D eigenvalue weighted by Gasteiger charge is -2.25. The number of aromatic nitrogens is 1. The summed E-state index contributed by atoms with van der Waals surface area (Å²) in [4.78, 5) is 16.5. The number of carbonyl (C=O) groups is 1. The van der Waals surface area contributed by atoms with Crippen molar-refractivity contribution in [2.75, 3.05) is 6.54 Å². The summed E-state index contributed by atoms with van der Waals surface area (Å²) in [6.07, 6.45) is 3.01. The van der Waals surface area contributed by atoms with Gasteiger partial charge in [0, 0.05) is 37.1 Å². The minimum absolute atomic E-state index is 0.0691. The molecule has 2 atom stereocenters. The molecule has 0 aliphatic rings. The SMILES string of the molecule is CCc1cccc(CNCC(O)C(Cc2cc(F)cc(F)c2)NC(=O)c2ccncc2)c1. The van der Waals surface area contributed by atoms with Gasteiger partial charge in [-0.2, -0.15) is 0 Å². The van der Waals surface area contributed by atoms with E-state index >= 15 is 0 Å². The van der Waals surface area contributed by atoms with E-state index in [0.29, 0.717) is 17.7 Å². The van der Waals surface area contributed by atoms with Gasteiger partial charge in [0.05, 0.1) is 12.1 Å². The molecule has 2 unspecified atom stereocenters. The third-order valence-corrected chi connectivity index (χ3v) is 5.18. The van der Waals surface area contributed by atoms with Gasteiger partial charge in [0.2, 0.25) is 0 Å². The molecule has 1 aromatic heterocycles. The van der Waals surface area contributed by atoms with E-state index < -0.39 is 29.7 Å². The second-order valence-electron chi connectivity index (χ2n) is 7.67. The first-order valence-electron chi connectivity index (χ1n) is 10.6. The smallest absolute Gasteiger partial charge is 0.251 e. The Morgan fingerprint density at radius 3 is 2.38 bits per heavy atom. The van der Waals surface area contributed by atoms with Crippen molar-refractivity contribution in [2.24, 2.45) is 0 Å². The van der Waals surface area contributed by atoms with Crippen LogP contribution in [-0.2, 0) is 19.4 Å². The zero-order chi connectivity index (χ0) is 22.9. The topological polar surface area (TPSA) is 74.2 Å². The van der Waals surface area contributed by atoms with Gasteiger partial charge in [-0.05, 0) is 53.8 Å². The predicted octanol–water partition coefficient (Wildman–Crippen LogP) is 3.41. The van der Waals surface area contributed by atoms with Gasteiger partial charge >= 0.3 is 0 Å². The maximum atomic E-state index is 13.7. The molecule has 1 heterocycles. The van der Waals surface area contributed by atoms with Crippen LogP contribution in [0, 0.1) is 11.6 Å². The quantitative estimate of drug-likeness (QED) is 0.453. The molecule has 5 nitrogen and oxygen atoms in total. The van der Waals surface area contributed by atoms with E-state index in [9.17, 15) is 18.7 Å². The molecule has 0 aliphatic carbocycles. The molecule has 7 heteroatoms. The van der Waals surface area contributed by atoms with Crippen molar-refractivity contribution in [1.29, 1.82) is 0 Å². The van der Waals surface area contributed by atoms with E-state index in [2.05, 4.69) is 34.7 Å². The normalized spacial score (nSPS) is 12.9. The monoisotopic (exact) mass is 439 g/mol. The molecule has 1 amide bonds. The van der Waals surface area contributed by atoms with Gasteiger partial charge in [-0.1, -0.05) is 31.2 Å². The summed E-state index contributed by atoms with van der Waals surface area (Å²) in [5.41, 5.74) is 3.03. The van der Waals surface area contributed by atoms with E-state index in [1.165, 1.54) is 30.1 Å². The molecule has 0 fully saturated rings. The molecule has 32 heavy (non-hydrogen) atoms. The number of carbonyl (C=O) groups excluding carboxylic acids is 1. The van der Waals surface area contributed by atoms with Crippen molar-refractivity contribution in [3.8, 4) is 0 Å². The molecule has 3 aromatic rings. The molecule has 0 bridgehead atoms. The minimum Gasteiger partial charge on any atom is -0.390 e. The van der Waals surface area contributed by atoms with Gasteiger partial charge in [-0.25, -0.2) is 8.78 Å². The fourth-order valence-corrected chi connectivity index (χ4v) is 3.49. The van der Waals surface area contributed by atoms with Gasteiger partial charge < -0.3 is 15.7 Å². The fraction of sp³-hybridized carbons (Fsp3) is 0.280. The van der Waals surface area contributed by atoms with Crippen LogP contribution in [0.1, 0.15) is 34.0 Å². The maximum Gasteiger partial charge on any atom is 0.251 e. The van der Waals surface area contributed by atoms with Crippen molar-refractivity contribution in [1.82, 2.24) is 15.6 Å². The van der Waals surface area contributed by atoms with Crippen molar-refractivity contribution in [3.05, 3.63) is 101 Å². The number of hydrogen-bond donors (Lipinski definition) is 3. The van der Waals surface area contributed by atoms with E-state index in [0.717, 1.165) is 18.1 Å². The predicted molar refractivity (Wildman–Crippen MR) is 119 cm³/mol. The standard InChI is InChI=1S/C25H27F2N3O2/c1-2-17-4-3-5-18(10-17)15-29-16-24(31)23(13-19-11-21(26)14-22(27)12-19)30-25(32)20-6-8-28-9-7-20/h3-12,14,23-24,29,31H,2,13,15-16H2,1H3,(H,30,32). The first-order valence-corrected chi connectivity index (χ1v) is 10.6. The summed E-state index contributed by atoms with van der Waals surface area (Å²) in [6, 6.07) is 13.7. The average molecular weight is 440 g/mol. The van der Waals surface area contributed by atoms with E-state index in [1.807, 2.05) is 12.1 Å². The first-order chi connectivity index (χ1) is 15.4. The summed E-state index contributed by atoms with van der Waals surface area (Å²) in [5.74, 6) is -1.81. The van der Waals surface area contributed by atoms with Crippen LogP contribution in [0.2, 0.25) is 0 Å². The molecular weight excluding hydrogens is 412 g/mol. The summed E-state index contributed by atoms with van der Waals surface area (Å²) < 4.78 is 27.3. The fourth-order valence-electron chi connectivity index (χ4n) is 3.49. The molecule has 0 radical (unpaired) electrons. The van der Waals surface area contributed by atoms with E-state index in [-0.39, 0.29) is 13.0 Å². The van der Waals surface area contributed by atoms with Gasteiger partial charge in [0.15, 0.2) is 0 Å². The molecule has 168 valence electrons. The van der Waals surface area contributed by atoms with Crippen LogP contribution in [0.25, 0.3) is 0 Å². The number of halogens is 2. The number of pyridine rings is 1. The lowest BCUT2D eigenvalue weighted by molar-refractivity contribution is 0.0829. The Morgan fingerprint density at radius 1 is 1.00 bits per heavy atom. The largest absolute Gasteiger partial charge is 0.390 e. The minimum atomic E-state index is -0.985. The second kappa shape index (κ2) is 11.5. The Kier molecular flexibility index (Phi) is 8.41. The van der Waals surface area contributed by atoms with Crippen LogP contribution in [0.4, 0.5) is 8.78 Å².